The van der Waals surface area contributed by atoms with Gasteiger partial charge in [0.05, 0.1) is 7.85 Å². The van der Waals surface area contributed by atoms with Gasteiger partial charge in [-0.15, -0.1) is 0 Å². The average molecular weight is 54.9 g/mol. The first-order valence-electron chi connectivity index (χ1n) is 2.12. The normalized spacial score (nSPS) is 10.5. The summed E-state index contributed by atoms with van der Waals surface area (Å²) in [5.41, 5.74) is 0. The van der Waals surface area contributed by atoms with Gasteiger partial charge in [0.25, 0.3) is 0 Å². The van der Waals surface area contributed by atoms with E-state index in [1.54, 1.807) is 0 Å². The van der Waals surface area contributed by atoms with Gasteiger partial charge < -0.3 is 0 Å². The van der Waals surface area contributed by atoms with Crippen molar-refractivity contribution in [3.8, 4) is 0 Å². The molecule has 0 aromatic rings. The zero-order chi connectivity index (χ0) is 4.12. The molecule has 0 saturated carbocycles. The Balaban J connectivity index is 2.19. The van der Waals surface area contributed by atoms with Crippen LogP contribution >= 0.6 is 0 Å². The molecule has 0 unspecified atom stereocenters. The van der Waals surface area contributed by atoms with Crippen LogP contribution < -0.4 is 0 Å². The molecule has 0 aliphatic carbocycles. The minimum atomic E-state index is 0.469. The highest BCUT2D eigenvalue weighted by Crippen LogP contribution is 1.73. The second-order valence-corrected chi connectivity index (χ2v) is 0.642. The van der Waals surface area contributed by atoms with Gasteiger partial charge in [-0.05, 0) is 0 Å². The zero-order valence-corrected chi connectivity index (χ0v) is 2.70. The summed E-state index contributed by atoms with van der Waals surface area (Å²) in [6.45, 7) is 0.469. The number of hydrogen-bond donors (Lipinski definition) is 0. The van der Waals surface area contributed by atoms with E-state index < -0.39 is 0 Å². The molecule has 0 bridgehead atoms. The zero-order valence-electron chi connectivity index (χ0n) is 3.70. The molecule has 0 fully saturated rings. The van der Waals surface area contributed by atoms with Crippen molar-refractivity contribution < 1.29 is 1.37 Å². The summed E-state index contributed by atoms with van der Waals surface area (Å²) < 4.78 is 6.52. The Hall–Kier alpha value is 0.0649. The van der Waals surface area contributed by atoms with Gasteiger partial charge in [0.1, 0.15) is 0 Å². The fourth-order valence-electron chi connectivity index (χ4n) is 0. The predicted octanol–water partition coefficient (Wildman–Crippen LogP) is 0.983. The minimum Gasteiger partial charge on any atom is -0.0889 e. The van der Waals surface area contributed by atoms with Gasteiger partial charge in [0, 0.05) is 1.37 Å². The topological polar surface area (TPSA) is 0 Å². The van der Waals surface area contributed by atoms with E-state index in [1.165, 1.54) is 0 Å². The highest BCUT2D eigenvalue weighted by atomic mass is 13.5. The summed E-state index contributed by atoms with van der Waals surface area (Å²) in [7, 11) is 5.02. The summed E-state index contributed by atoms with van der Waals surface area (Å²) >= 11 is 0. The molecule has 4 heavy (non-hydrogen) atoms. The van der Waals surface area contributed by atoms with Gasteiger partial charge in [-0.3, -0.25) is 0 Å². The van der Waals surface area contributed by atoms with Crippen LogP contribution in [0.15, 0.2) is 0 Å². The molecule has 0 nitrogen and oxygen atoms in total. The van der Waals surface area contributed by atoms with Gasteiger partial charge in [-0.25, -0.2) is 0 Å². The third-order valence-electron chi connectivity index (χ3n) is 0.204. The molecule has 0 aliphatic rings. The van der Waals surface area contributed by atoms with Gasteiger partial charge in [0.15, 0.2) is 0 Å². The highest BCUT2D eigenvalue weighted by molar-refractivity contribution is 6.08. The van der Waals surface area contributed by atoms with E-state index in [4.69, 9.17) is 9.22 Å². The van der Waals surface area contributed by atoms with Gasteiger partial charge in [-0.2, -0.15) is 0 Å². The lowest BCUT2D eigenvalue weighted by atomic mass is 10.0. The van der Waals surface area contributed by atoms with Crippen LogP contribution in [0.4, 0.5) is 0 Å². The lowest BCUT2D eigenvalue weighted by Crippen LogP contribution is -1.55. The maximum Gasteiger partial charge on any atom is 0.0652 e. The summed E-state index contributed by atoms with van der Waals surface area (Å²) in [5, 5.41) is 0. The standard InChI is InChI=1S/C3H7B/c1-2-3-4/h2-3H2,1H3/i1D. The van der Waals surface area contributed by atoms with Crippen LogP contribution in [-0.4, -0.2) is 7.85 Å². The molecule has 0 atom stereocenters. The van der Waals surface area contributed by atoms with Crippen LogP contribution in [0.1, 0.15) is 14.7 Å². The van der Waals surface area contributed by atoms with Crippen LogP contribution in [0.25, 0.3) is 0 Å². The predicted molar refractivity (Wildman–Crippen MR) is 20.9 cm³/mol. The molecule has 0 rings (SSSR count). The molecule has 0 saturated heterocycles. The maximum atomic E-state index is 6.52. The average Bonchev–Trinajstić information content (AvgIpc) is 1.41. The largest absolute Gasteiger partial charge is 0.0889 e. The second kappa shape index (κ2) is 3.06. The fraction of sp³-hybridized carbons (Fsp3) is 1.00. The van der Waals surface area contributed by atoms with Crippen LogP contribution in [0.3, 0.4) is 0 Å². The SMILES string of the molecule is [2H]CCC[B]. The number of rotatable bonds is 1. The highest BCUT2D eigenvalue weighted by Gasteiger charge is 1.57. The third kappa shape index (κ3) is 2.06. The fourth-order valence-corrected chi connectivity index (χ4v) is 0. The molecule has 0 aromatic heterocycles. The van der Waals surface area contributed by atoms with Crippen LogP contribution in [0.2, 0.25) is 6.32 Å². The lowest BCUT2D eigenvalue weighted by molar-refractivity contribution is 1.08. The minimum absolute atomic E-state index is 0.469. The molecule has 2 radical (unpaired) electrons. The summed E-state index contributed by atoms with van der Waals surface area (Å²) in [5.74, 6) is 0. The first-order chi connectivity index (χ1) is 2.41. The van der Waals surface area contributed by atoms with E-state index in [2.05, 4.69) is 0 Å². The summed E-state index contributed by atoms with van der Waals surface area (Å²) in [6, 6.07) is 0. The smallest absolute Gasteiger partial charge is 0.0652 e. The third-order valence-corrected chi connectivity index (χ3v) is 0.204. The quantitative estimate of drug-likeness (QED) is 0.392. The Kier molecular flexibility index (Phi) is 1.77. The Labute approximate surface area is 30.0 Å². The molecule has 0 aromatic carbocycles. The Morgan fingerprint density at radius 1 is 2.25 bits per heavy atom. The molecule has 1 heteroatoms. The van der Waals surface area contributed by atoms with Gasteiger partial charge in [0.2, 0.25) is 0 Å². The molecule has 0 heterocycles. The first-order valence-corrected chi connectivity index (χ1v) is 1.41. The van der Waals surface area contributed by atoms with E-state index in [0.29, 0.717) is 13.2 Å². The lowest BCUT2D eigenvalue weighted by Gasteiger charge is -1.67. The Morgan fingerprint density at radius 2 is 3.00 bits per heavy atom. The first kappa shape index (κ1) is 2.31. The van der Waals surface area contributed by atoms with Crippen LogP contribution in [-0.2, 0) is 0 Å². The van der Waals surface area contributed by atoms with Gasteiger partial charge in [-0.1, -0.05) is 19.6 Å². The van der Waals surface area contributed by atoms with Crippen molar-refractivity contribution in [1.82, 2.24) is 0 Å². The van der Waals surface area contributed by atoms with Crippen molar-refractivity contribution in [2.45, 2.75) is 19.6 Å². The van der Waals surface area contributed by atoms with Crippen molar-refractivity contribution >= 4 is 7.85 Å². The van der Waals surface area contributed by atoms with Crippen molar-refractivity contribution in [3.63, 3.8) is 0 Å². The summed E-state index contributed by atoms with van der Waals surface area (Å²) in [6.07, 6.45) is 1.49. The van der Waals surface area contributed by atoms with Crippen molar-refractivity contribution in [3.05, 3.63) is 0 Å². The molecule has 0 amide bonds. The number of hydrogen-bond acceptors (Lipinski definition) is 0. The maximum absolute atomic E-state index is 6.52. The molecular formula is C3H7B. The molecule has 22 valence electrons. The van der Waals surface area contributed by atoms with E-state index in [1.807, 2.05) is 0 Å². The van der Waals surface area contributed by atoms with E-state index in [0.717, 1.165) is 6.42 Å². The molecule has 0 spiro atoms. The second-order valence-electron chi connectivity index (χ2n) is 0.642. The molecule has 0 N–H and O–H groups in total. The van der Waals surface area contributed by atoms with Crippen molar-refractivity contribution in [2.75, 3.05) is 0 Å². The van der Waals surface area contributed by atoms with E-state index in [9.17, 15) is 0 Å². The van der Waals surface area contributed by atoms with Crippen molar-refractivity contribution in [2.24, 2.45) is 0 Å². The Morgan fingerprint density at radius 3 is 3.00 bits per heavy atom. The monoisotopic (exact) mass is 55.1 g/mol. The Bertz CT molecular complexity index is 14.4. The molecule has 0 aliphatic heterocycles. The van der Waals surface area contributed by atoms with Gasteiger partial charge >= 0.3 is 0 Å². The molecular weight excluding hydrogens is 46.8 g/mol. The van der Waals surface area contributed by atoms with Crippen LogP contribution in [0, 0.1) is 0 Å². The summed E-state index contributed by atoms with van der Waals surface area (Å²) in [4.78, 5) is 0. The van der Waals surface area contributed by atoms with E-state index in [-0.39, 0.29) is 0 Å². The van der Waals surface area contributed by atoms with Crippen LogP contribution in [0.5, 0.6) is 0 Å². The van der Waals surface area contributed by atoms with Crippen molar-refractivity contribution in [1.29, 1.82) is 0 Å². The van der Waals surface area contributed by atoms with E-state index >= 15 is 0 Å².